The Bertz CT molecular complexity index is 2160. The van der Waals surface area contributed by atoms with Crippen molar-refractivity contribution >= 4 is 45.0 Å². The van der Waals surface area contributed by atoms with Gasteiger partial charge in [-0.25, -0.2) is 14.5 Å². The maximum atomic E-state index is 12.6. The van der Waals surface area contributed by atoms with Crippen LogP contribution in [0, 0.1) is 20.2 Å². The summed E-state index contributed by atoms with van der Waals surface area (Å²) in [6.45, 7) is 0.223. The lowest BCUT2D eigenvalue weighted by Crippen LogP contribution is -2.05. The number of nitro benzene ring substituents is 2. The molecule has 3 aromatic carbocycles. The van der Waals surface area contributed by atoms with Crippen LogP contribution in [-0.2, 0) is 6.61 Å². The van der Waals surface area contributed by atoms with E-state index in [2.05, 4.69) is 25.8 Å². The molecule has 0 atom stereocenters. The molecule has 17 heteroatoms. The molecule has 0 aliphatic heterocycles. The van der Waals surface area contributed by atoms with Crippen molar-refractivity contribution in [2.75, 3.05) is 12.5 Å². The summed E-state index contributed by atoms with van der Waals surface area (Å²) < 4.78 is 17.8. The van der Waals surface area contributed by atoms with Crippen molar-refractivity contribution in [1.29, 1.82) is 0 Å². The number of thiazole rings is 1. The van der Waals surface area contributed by atoms with Crippen LogP contribution >= 0.6 is 11.3 Å². The van der Waals surface area contributed by atoms with Crippen molar-refractivity contribution in [3.63, 3.8) is 0 Å². The van der Waals surface area contributed by atoms with Crippen LogP contribution in [0.4, 0.5) is 16.5 Å². The summed E-state index contributed by atoms with van der Waals surface area (Å²) in [5.74, 6) is 1.37. The molecule has 3 aromatic heterocycles. The predicted octanol–water partition coefficient (Wildman–Crippen LogP) is 5.35. The molecule has 0 saturated heterocycles. The van der Waals surface area contributed by atoms with E-state index >= 15 is 0 Å². The highest BCUT2D eigenvalue weighted by Crippen LogP contribution is 2.33. The lowest BCUT2D eigenvalue weighted by Gasteiger charge is -2.04. The number of nitro groups is 2. The van der Waals surface area contributed by atoms with Crippen molar-refractivity contribution in [1.82, 2.24) is 20.0 Å². The molecule has 230 valence electrons. The maximum absolute atomic E-state index is 12.6. The Morgan fingerprint density at radius 2 is 1.80 bits per heavy atom. The summed E-state index contributed by atoms with van der Waals surface area (Å²) in [4.78, 5) is 38.0. The average molecular weight is 641 g/mol. The molecule has 6 aromatic rings. The van der Waals surface area contributed by atoms with Crippen LogP contribution < -0.4 is 20.5 Å². The number of fused-ring (bicyclic) bond motifs is 1. The smallest absolute Gasteiger partial charge is 0.346 e. The zero-order valence-electron chi connectivity index (χ0n) is 23.6. The summed E-state index contributed by atoms with van der Waals surface area (Å²) in [5.41, 5.74) is 2.78. The van der Waals surface area contributed by atoms with E-state index in [-0.39, 0.29) is 28.8 Å². The number of methoxy groups -OCH3 is 1. The molecule has 0 bridgehead atoms. The predicted molar refractivity (Wildman–Crippen MR) is 167 cm³/mol. The van der Waals surface area contributed by atoms with Crippen LogP contribution in [0.5, 0.6) is 11.5 Å². The SMILES string of the molecule is COc1ccc(-n2cc(COc3ccc(/C=N/Nc4nc(-c5cc6cc([N+](=O)[O-])cc([N+](=O)[O-])c6oc5=O)cs4)cc3)nn2)cc1. The maximum Gasteiger partial charge on any atom is 0.346 e. The molecule has 0 unspecified atom stereocenters. The van der Waals surface area contributed by atoms with Gasteiger partial charge in [-0.1, -0.05) is 5.21 Å². The number of benzene rings is 3. The van der Waals surface area contributed by atoms with Gasteiger partial charge in [0.25, 0.3) is 5.69 Å². The fourth-order valence-corrected chi connectivity index (χ4v) is 4.92. The molecule has 16 nitrogen and oxygen atoms in total. The summed E-state index contributed by atoms with van der Waals surface area (Å²) in [6.07, 6.45) is 3.34. The van der Waals surface area contributed by atoms with Gasteiger partial charge < -0.3 is 13.9 Å². The third kappa shape index (κ3) is 6.38. The number of aromatic nitrogens is 4. The Balaban J connectivity index is 1.08. The second-order valence-corrected chi connectivity index (χ2v) is 10.3. The van der Waals surface area contributed by atoms with Crippen molar-refractivity contribution in [3.05, 3.63) is 120 Å². The highest BCUT2D eigenvalue weighted by Gasteiger charge is 2.23. The van der Waals surface area contributed by atoms with Crippen molar-refractivity contribution in [2.45, 2.75) is 6.61 Å². The largest absolute Gasteiger partial charge is 0.497 e. The fraction of sp³-hybridized carbons (Fsp3) is 0.0690. The fourth-order valence-electron chi connectivity index (χ4n) is 4.26. The van der Waals surface area contributed by atoms with Gasteiger partial charge in [0.15, 0.2) is 0 Å². The summed E-state index contributed by atoms with van der Waals surface area (Å²) >= 11 is 1.15. The monoisotopic (exact) mass is 640 g/mol. The third-order valence-electron chi connectivity index (χ3n) is 6.50. The molecule has 0 radical (unpaired) electrons. The van der Waals surface area contributed by atoms with Gasteiger partial charge in [0.05, 0.1) is 52.4 Å². The average Bonchev–Trinajstić information content (AvgIpc) is 3.74. The summed E-state index contributed by atoms with van der Waals surface area (Å²) in [7, 11) is 1.61. The minimum Gasteiger partial charge on any atom is -0.497 e. The van der Waals surface area contributed by atoms with E-state index in [4.69, 9.17) is 13.9 Å². The molecular weight excluding hydrogens is 620 g/mol. The minimum atomic E-state index is -0.881. The lowest BCUT2D eigenvalue weighted by molar-refractivity contribution is -0.393. The Morgan fingerprint density at radius 1 is 1.04 bits per heavy atom. The van der Waals surface area contributed by atoms with Crippen LogP contribution in [0.3, 0.4) is 0 Å². The molecular formula is C29H20N8O8S. The van der Waals surface area contributed by atoms with Gasteiger partial charge in [0, 0.05) is 16.8 Å². The number of rotatable bonds is 11. The number of hydrogen-bond acceptors (Lipinski definition) is 14. The molecule has 6 rings (SSSR count). The van der Waals surface area contributed by atoms with Gasteiger partial charge in [-0.2, -0.15) is 5.10 Å². The molecule has 0 fully saturated rings. The van der Waals surface area contributed by atoms with E-state index in [1.54, 1.807) is 53.8 Å². The van der Waals surface area contributed by atoms with Crippen LogP contribution in [0.15, 0.2) is 92.6 Å². The van der Waals surface area contributed by atoms with Gasteiger partial charge >= 0.3 is 11.3 Å². The van der Waals surface area contributed by atoms with Crippen LogP contribution in [0.1, 0.15) is 11.3 Å². The lowest BCUT2D eigenvalue weighted by atomic mass is 10.1. The number of anilines is 1. The standard InChI is InChI=1S/C29H20N8O8S/c1-43-22-8-4-20(5-9-22)35-14-19(32-34-35)15-44-23-6-2-17(3-7-23)13-30-33-29-31-25(16-46-29)24-11-18-10-21(36(39)40)12-26(37(41)42)27(18)45-28(24)38/h2-14,16H,15H2,1H3,(H,31,33)/b30-13+. The van der Waals surface area contributed by atoms with E-state index in [9.17, 15) is 25.0 Å². The normalized spacial score (nSPS) is 11.2. The highest BCUT2D eigenvalue weighted by atomic mass is 32.1. The third-order valence-corrected chi connectivity index (χ3v) is 7.25. The van der Waals surface area contributed by atoms with E-state index in [0.717, 1.165) is 40.5 Å². The number of ether oxygens (including phenoxy) is 2. The first kappa shape index (κ1) is 29.6. The molecule has 46 heavy (non-hydrogen) atoms. The molecule has 0 saturated carbocycles. The Hall–Kier alpha value is -6.49. The number of hydrazone groups is 1. The van der Waals surface area contributed by atoms with Crippen molar-refractivity contribution in [2.24, 2.45) is 5.10 Å². The van der Waals surface area contributed by atoms with E-state index in [0.29, 0.717) is 16.6 Å². The number of hydrogen-bond donors (Lipinski definition) is 1. The second-order valence-electron chi connectivity index (χ2n) is 9.46. The second kappa shape index (κ2) is 12.6. The molecule has 0 aliphatic rings. The van der Waals surface area contributed by atoms with Gasteiger partial charge in [-0.3, -0.25) is 25.7 Å². The van der Waals surface area contributed by atoms with Gasteiger partial charge in [0.1, 0.15) is 23.8 Å². The first-order chi connectivity index (χ1) is 22.3. The highest BCUT2D eigenvalue weighted by molar-refractivity contribution is 7.14. The van der Waals surface area contributed by atoms with Crippen molar-refractivity contribution in [3.8, 4) is 28.4 Å². The number of nitrogens with zero attached hydrogens (tertiary/aromatic N) is 7. The molecule has 0 spiro atoms. The first-order valence-electron chi connectivity index (χ1n) is 13.2. The van der Waals surface area contributed by atoms with Gasteiger partial charge in [-0.15, -0.1) is 16.4 Å². The number of non-ortho nitro benzene ring substituents is 2. The van der Waals surface area contributed by atoms with Crippen LogP contribution in [0.25, 0.3) is 27.9 Å². The molecule has 1 N–H and O–H groups in total. The van der Waals surface area contributed by atoms with E-state index in [1.165, 1.54) is 6.07 Å². The topological polar surface area (TPSA) is 203 Å². The minimum absolute atomic E-state index is 0.0170. The molecule has 3 heterocycles. The zero-order valence-corrected chi connectivity index (χ0v) is 24.4. The quantitative estimate of drug-likeness (QED) is 0.0824. The molecule has 0 amide bonds. The zero-order chi connectivity index (χ0) is 32.2. The van der Waals surface area contributed by atoms with Gasteiger partial charge in [0.2, 0.25) is 10.7 Å². The number of nitrogens with one attached hydrogen (secondary N) is 1. The molecule has 0 aliphatic carbocycles. The Morgan fingerprint density at radius 3 is 2.52 bits per heavy atom. The van der Waals surface area contributed by atoms with Crippen molar-refractivity contribution < 1.29 is 23.7 Å². The first-order valence-corrected chi connectivity index (χ1v) is 14.1. The van der Waals surface area contributed by atoms with Gasteiger partial charge in [-0.05, 0) is 60.2 Å². The van der Waals surface area contributed by atoms with E-state index < -0.39 is 26.8 Å². The summed E-state index contributed by atoms with van der Waals surface area (Å²) in [5, 5.41) is 37.0. The summed E-state index contributed by atoms with van der Waals surface area (Å²) in [6, 6.07) is 17.7. The van der Waals surface area contributed by atoms with Crippen LogP contribution in [-0.4, -0.2) is 43.1 Å². The van der Waals surface area contributed by atoms with E-state index in [1.807, 2.05) is 24.3 Å². The Kier molecular flexibility index (Phi) is 8.12. The Labute approximate surface area is 261 Å². The van der Waals surface area contributed by atoms with Crippen LogP contribution in [0.2, 0.25) is 0 Å².